The second-order valence-corrected chi connectivity index (χ2v) is 2.84. The standard InChI is InChI=1S/C10H6FNO2/c11-10(14)7-3-1-2-6-8(13)4-5-12-9(6)7/h1-5H,(H,12,13). The summed E-state index contributed by atoms with van der Waals surface area (Å²) in [4.78, 5) is 24.6. The molecule has 0 aliphatic rings. The predicted molar refractivity (Wildman–Crippen MR) is 50.0 cm³/mol. The van der Waals surface area contributed by atoms with E-state index >= 15 is 0 Å². The van der Waals surface area contributed by atoms with Crippen molar-refractivity contribution in [3.63, 3.8) is 0 Å². The molecule has 0 saturated heterocycles. The molecule has 0 atom stereocenters. The van der Waals surface area contributed by atoms with E-state index in [1.54, 1.807) is 6.07 Å². The van der Waals surface area contributed by atoms with E-state index in [0.29, 0.717) is 5.39 Å². The van der Waals surface area contributed by atoms with Gasteiger partial charge in [-0.3, -0.25) is 9.59 Å². The molecule has 4 heteroatoms. The quantitative estimate of drug-likeness (QED) is 0.696. The van der Waals surface area contributed by atoms with Gasteiger partial charge in [-0.2, -0.15) is 4.39 Å². The van der Waals surface area contributed by atoms with Crippen LogP contribution in [0.4, 0.5) is 4.39 Å². The van der Waals surface area contributed by atoms with Crippen LogP contribution in [-0.4, -0.2) is 11.0 Å². The van der Waals surface area contributed by atoms with Gasteiger partial charge in [0.25, 0.3) is 0 Å². The lowest BCUT2D eigenvalue weighted by atomic mass is 10.1. The first-order valence-corrected chi connectivity index (χ1v) is 4.00. The summed E-state index contributed by atoms with van der Waals surface area (Å²) in [6.45, 7) is 0. The summed E-state index contributed by atoms with van der Waals surface area (Å²) in [6, 6.07) is 4.14. The number of nitrogens with one attached hydrogen (secondary N) is 1. The number of carbonyl (C=O) groups excluding carboxylic acids is 1. The van der Waals surface area contributed by atoms with E-state index in [-0.39, 0.29) is 16.5 Å². The van der Waals surface area contributed by atoms with Crippen molar-refractivity contribution in [1.82, 2.24) is 4.98 Å². The number of fused-ring (bicyclic) bond motifs is 1. The number of aromatic nitrogens is 1. The molecule has 0 unspecified atom stereocenters. The molecule has 1 N–H and O–H groups in total. The van der Waals surface area contributed by atoms with Crippen molar-refractivity contribution >= 4 is 16.9 Å². The Morgan fingerprint density at radius 3 is 2.79 bits per heavy atom. The first-order chi connectivity index (χ1) is 6.70. The molecule has 0 aliphatic carbocycles. The third-order valence-corrected chi connectivity index (χ3v) is 2.00. The van der Waals surface area contributed by atoms with Gasteiger partial charge in [-0.25, -0.2) is 0 Å². The molecule has 0 fully saturated rings. The highest BCUT2D eigenvalue weighted by atomic mass is 19.1. The highest BCUT2D eigenvalue weighted by Crippen LogP contribution is 2.13. The SMILES string of the molecule is O=C(F)c1cccc2c(=O)cc[nH]c12. The third-order valence-electron chi connectivity index (χ3n) is 2.00. The average molecular weight is 191 g/mol. The summed E-state index contributed by atoms with van der Waals surface area (Å²) in [5, 5.41) is 0.316. The van der Waals surface area contributed by atoms with Crippen LogP contribution in [0.15, 0.2) is 35.3 Å². The van der Waals surface area contributed by atoms with Gasteiger partial charge in [0.05, 0.1) is 11.1 Å². The Kier molecular flexibility index (Phi) is 1.89. The van der Waals surface area contributed by atoms with Gasteiger partial charge in [-0.1, -0.05) is 6.07 Å². The van der Waals surface area contributed by atoms with Gasteiger partial charge in [-0.15, -0.1) is 0 Å². The molecular formula is C10H6FNO2. The summed E-state index contributed by atoms with van der Waals surface area (Å²) in [7, 11) is 0. The maximum atomic E-state index is 12.5. The molecular weight excluding hydrogens is 185 g/mol. The minimum absolute atomic E-state index is 0.111. The van der Waals surface area contributed by atoms with E-state index < -0.39 is 6.04 Å². The molecule has 14 heavy (non-hydrogen) atoms. The van der Waals surface area contributed by atoms with Crippen LogP contribution in [0.2, 0.25) is 0 Å². The molecule has 1 heterocycles. The summed E-state index contributed by atoms with van der Waals surface area (Å²) in [5.74, 6) is 0. The second kappa shape index (κ2) is 3.06. The number of hydrogen-bond donors (Lipinski definition) is 1. The number of para-hydroxylation sites is 1. The van der Waals surface area contributed by atoms with Gasteiger partial charge in [-0.05, 0) is 12.1 Å². The molecule has 1 aromatic heterocycles. The monoisotopic (exact) mass is 191 g/mol. The van der Waals surface area contributed by atoms with Gasteiger partial charge in [0.2, 0.25) is 0 Å². The van der Waals surface area contributed by atoms with Crippen molar-refractivity contribution in [2.45, 2.75) is 0 Å². The van der Waals surface area contributed by atoms with E-state index in [0.717, 1.165) is 0 Å². The van der Waals surface area contributed by atoms with Crippen molar-refractivity contribution in [1.29, 1.82) is 0 Å². The van der Waals surface area contributed by atoms with Crippen molar-refractivity contribution in [2.75, 3.05) is 0 Å². The van der Waals surface area contributed by atoms with Crippen molar-refractivity contribution in [3.8, 4) is 0 Å². The zero-order valence-electron chi connectivity index (χ0n) is 7.08. The van der Waals surface area contributed by atoms with Crippen LogP contribution < -0.4 is 5.43 Å². The largest absolute Gasteiger partial charge is 0.360 e. The Morgan fingerprint density at radius 2 is 2.07 bits per heavy atom. The van der Waals surface area contributed by atoms with Crippen LogP contribution in [0.25, 0.3) is 10.9 Å². The molecule has 2 rings (SSSR count). The Bertz CT molecular complexity index is 559. The van der Waals surface area contributed by atoms with Crippen molar-refractivity contribution < 1.29 is 9.18 Å². The normalized spacial score (nSPS) is 10.4. The Balaban J connectivity index is 2.95. The molecule has 0 amide bonds. The molecule has 1 aromatic carbocycles. The van der Waals surface area contributed by atoms with Crippen LogP contribution in [0.5, 0.6) is 0 Å². The lowest BCUT2D eigenvalue weighted by Gasteiger charge is -1.99. The average Bonchev–Trinajstić information content (AvgIpc) is 2.17. The van der Waals surface area contributed by atoms with Crippen LogP contribution in [0.1, 0.15) is 10.4 Å². The van der Waals surface area contributed by atoms with Crippen LogP contribution in [0, 0.1) is 0 Å². The number of rotatable bonds is 1. The molecule has 0 aliphatic heterocycles. The Hall–Kier alpha value is -1.97. The zero-order chi connectivity index (χ0) is 10.1. The van der Waals surface area contributed by atoms with E-state index in [9.17, 15) is 14.0 Å². The van der Waals surface area contributed by atoms with Gasteiger partial charge >= 0.3 is 6.04 Å². The van der Waals surface area contributed by atoms with Crippen LogP contribution >= 0.6 is 0 Å². The third kappa shape index (κ3) is 1.21. The zero-order valence-corrected chi connectivity index (χ0v) is 7.08. The van der Waals surface area contributed by atoms with Gasteiger partial charge in [0.1, 0.15) is 0 Å². The summed E-state index contributed by atoms with van der Waals surface area (Å²) >= 11 is 0. The van der Waals surface area contributed by atoms with Gasteiger partial charge in [0.15, 0.2) is 5.43 Å². The fraction of sp³-hybridized carbons (Fsp3) is 0. The van der Waals surface area contributed by atoms with E-state index in [4.69, 9.17) is 0 Å². The molecule has 2 aromatic rings. The van der Waals surface area contributed by atoms with Crippen molar-refractivity contribution in [3.05, 3.63) is 46.2 Å². The topological polar surface area (TPSA) is 49.9 Å². The summed E-state index contributed by atoms with van der Waals surface area (Å²) in [6.07, 6.45) is 1.39. The number of halogens is 1. The first kappa shape index (κ1) is 8.62. The smallest absolute Gasteiger partial charge is 0.334 e. The van der Waals surface area contributed by atoms with Crippen LogP contribution in [-0.2, 0) is 0 Å². The number of aromatic amines is 1. The molecule has 0 saturated carbocycles. The lowest BCUT2D eigenvalue weighted by molar-refractivity contribution is 0.0837. The minimum Gasteiger partial charge on any atom is -0.360 e. The number of carbonyl (C=O) groups is 1. The minimum atomic E-state index is -1.54. The van der Waals surface area contributed by atoms with E-state index in [1.165, 1.54) is 24.4 Å². The molecule has 3 nitrogen and oxygen atoms in total. The maximum absolute atomic E-state index is 12.5. The number of hydrogen-bond acceptors (Lipinski definition) is 2. The highest BCUT2D eigenvalue weighted by Gasteiger charge is 2.09. The van der Waals surface area contributed by atoms with E-state index in [1.807, 2.05) is 0 Å². The summed E-state index contributed by atoms with van der Waals surface area (Å²) < 4.78 is 12.5. The molecule has 0 bridgehead atoms. The fourth-order valence-corrected chi connectivity index (χ4v) is 1.37. The van der Waals surface area contributed by atoms with Crippen molar-refractivity contribution in [2.24, 2.45) is 0 Å². The molecule has 0 spiro atoms. The van der Waals surface area contributed by atoms with Gasteiger partial charge in [0, 0.05) is 17.6 Å². The number of pyridine rings is 1. The molecule has 70 valence electrons. The predicted octanol–water partition coefficient (Wildman–Crippen LogP) is 1.64. The van der Waals surface area contributed by atoms with Gasteiger partial charge < -0.3 is 4.98 Å². The Labute approximate surface area is 78.2 Å². The number of benzene rings is 1. The number of H-pyrrole nitrogens is 1. The van der Waals surface area contributed by atoms with Crippen LogP contribution in [0.3, 0.4) is 0 Å². The highest BCUT2D eigenvalue weighted by molar-refractivity contribution is 6.01. The Morgan fingerprint density at radius 1 is 1.29 bits per heavy atom. The maximum Gasteiger partial charge on any atom is 0.334 e. The lowest BCUT2D eigenvalue weighted by Crippen LogP contribution is -2.03. The first-order valence-electron chi connectivity index (χ1n) is 4.00. The summed E-state index contributed by atoms with van der Waals surface area (Å²) in [5.41, 5.74) is -0.102. The fourth-order valence-electron chi connectivity index (χ4n) is 1.37. The second-order valence-electron chi connectivity index (χ2n) is 2.84. The molecule has 0 radical (unpaired) electrons. The van der Waals surface area contributed by atoms with E-state index in [2.05, 4.69) is 4.98 Å².